The van der Waals surface area contributed by atoms with Crippen LogP contribution in [0.5, 0.6) is 0 Å². The molecule has 0 atom stereocenters. The Bertz CT molecular complexity index is 916. The van der Waals surface area contributed by atoms with Crippen LogP contribution in [0.25, 0.3) is 0 Å². The number of benzene rings is 1. The Kier molecular flexibility index (Phi) is 4.32. The van der Waals surface area contributed by atoms with Crippen LogP contribution in [0.2, 0.25) is 0 Å². The number of rotatable bonds is 5. The highest BCUT2D eigenvalue weighted by Gasteiger charge is 2.30. The van der Waals surface area contributed by atoms with Gasteiger partial charge in [0.25, 0.3) is 0 Å². The number of anilines is 1. The van der Waals surface area contributed by atoms with Gasteiger partial charge in [-0.3, -0.25) is 9.59 Å². The van der Waals surface area contributed by atoms with E-state index in [-0.39, 0.29) is 11.5 Å². The summed E-state index contributed by atoms with van der Waals surface area (Å²) >= 11 is 1.30. The molecular formula is C19H16FNO4S. The molecule has 1 amide bonds. The number of carbonyl (C=O) groups is 3. The van der Waals surface area contributed by atoms with Crippen molar-refractivity contribution in [1.29, 1.82) is 0 Å². The molecule has 0 bridgehead atoms. The van der Waals surface area contributed by atoms with Gasteiger partial charge in [0.05, 0.1) is 5.56 Å². The van der Waals surface area contributed by atoms with Crippen LogP contribution in [-0.4, -0.2) is 24.3 Å². The van der Waals surface area contributed by atoms with E-state index in [1.165, 1.54) is 17.4 Å². The van der Waals surface area contributed by atoms with E-state index in [4.69, 9.17) is 4.74 Å². The third kappa shape index (κ3) is 3.26. The highest BCUT2D eigenvalue weighted by molar-refractivity contribution is 7.12. The lowest BCUT2D eigenvalue weighted by Crippen LogP contribution is -2.21. The summed E-state index contributed by atoms with van der Waals surface area (Å²) in [4.78, 5) is 36.5. The minimum atomic E-state index is -0.734. The number of nitrogens with one attached hydrogen (secondary N) is 1. The molecule has 0 radical (unpaired) electrons. The van der Waals surface area contributed by atoms with Crippen LogP contribution in [0.1, 0.15) is 56.3 Å². The van der Waals surface area contributed by atoms with Crippen LogP contribution in [-0.2, 0) is 16.0 Å². The van der Waals surface area contributed by atoms with E-state index < -0.39 is 24.2 Å². The molecule has 0 saturated heterocycles. The van der Waals surface area contributed by atoms with Gasteiger partial charge in [0, 0.05) is 12.1 Å². The third-order valence-electron chi connectivity index (χ3n) is 4.62. The summed E-state index contributed by atoms with van der Waals surface area (Å²) in [5, 5.41) is 4.42. The van der Waals surface area contributed by atoms with Gasteiger partial charge >= 0.3 is 5.97 Å². The van der Waals surface area contributed by atoms with E-state index >= 15 is 0 Å². The third-order valence-corrected chi connectivity index (χ3v) is 5.53. The van der Waals surface area contributed by atoms with Crippen molar-refractivity contribution in [3.63, 3.8) is 0 Å². The molecule has 26 heavy (non-hydrogen) atoms. The quantitative estimate of drug-likeness (QED) is 0.641. The second-order valence-corrected chi connectivity index (χ2v) is 7.43. The number of Topliss-reactive ketones (excluding diaryl/α,β-unsaturated/α-hetero) is 1. The van der Waals surface area contributed by atoms with Crippen molar-refractivity contribution in [3.05, 3.63) is 51.0 Å². The first-order valence-electron chi connectivity index (χ1n) is 8.43. The van der Waals surface area contributed by atoms with Gasteiger partial charge in [0.15, 0.2) is 6.61 Å². The molecule has 1 fully saturated rings. The monoisotopic (exact) mass is 373 g/mol. The van der Waals surface area contributed by atoms with Crippen molar-refractivity contribution in [2.24, 2.45) is 0 Å². The van der Waals surface area contributed by atoms with Crippen LogP contribution >= 0.6 is 11.3 Å². The van der Waals surface area contributed by atoms with Crippen LogP contribution < -0.4 is 5.32 Å². The van der Waals surface area contributed by atoms with Gasteiger partial charge in [0.1, 0.15) is 10.7 Å². The number of hydrogen-bond donors (Lipinski definition) is 1. The number of amides is 1. The number of fused-ring (bicyclic) bond motifs is 1. The van der Waals surface area contributed by atoms with Gasteiger partial charge in [-0.05, 0) is 59.9 Å². The van der Waals surface area contributed by atoms with Gasteiger partial charge in [-0.2, -0.15) is 0 Å². The SMILES string of the molecule is O=C1CCc2cc(C(=O)COC(=O)c3sccc3C3CC3)c(F)cc2N1. The molecule has 2 heterocycles. The Labute approximate surface area is 153 Å². The fraction of sp³-hybridized carbons (Fsp3) is 0.316. The molecule has 5 nitrogen and oxygen atoms in total. The molecule has 134 valence electrons. The van der Waals surface area contributed by atoms with Gasteiger partial charge < -0.3 is 10.1 Å². The molecule has 1 aliphatic carbocycles. The Morgan fingerprint density at radius 1 is 1.27 bits per heavy atom. The summed E-state index contributed by atoms with van der Waals surface area (Å²) in [5.74, 6) is -1.64. The number of carbonyl (C=O) groups excluding carboxylic acids is 3. The number of ketones is 1. The lowest BCUT2D eigenvalue weighted by atomic mass is 9.98. The minimum absolute atomic E-state index is 0.124. The summed E-state index contributed by atoms with van der Waals surface area (Å²) in [6.07, 6.45) is 2.87. The number of esters is 1. The number of hydrogen-bond acceptors (Lipinski definition) is 5. The average Bonchev–Trinajstić information content (AvgIpc) is 3.35. The molecular weight excluding hydrogens is 357 g/mol. The summed E-state index contributed by atoms with van der Waals surface area (Å²) in [5.41, 5.74) is 1.94. The number of halogens is 1. The van der Waals surface area contributed by atoms with E-state index in [1.807, 2.05) is 11.4 Å². The minimum Gasteiger partial charge on any atom is -0.453 e. The molecule has 2 aliphatic rings. The summed E-state index contributed by atoms with van der Waals surface area (Å²) in [6, 6.07) is 4.49. The predicted octanol–water partition coefficient (Wildman–Crippen LogP) is 3.69. The highest BCUT2D eigenvalue weighted by atomic mass is 32.1. The van der Waals surface area contributed by atoms with Crippen LogP contribution in [0.4, 0.5) is 10.1 Å². The van der Waals surface area contributed by atoms with Gasteiger partial charge in [0.2, 0.25) is 11.7 Å². The molecule has 0 unspecified atom stereocenters. The lowest BCUT2D eigenvalue weighted by Gasteiger charge is -2.18. The first-order valence-corrected chi connectivity index (χ1v) is 9.31. The molecule has 1 saturated carbocycles. The average molecular weight is 373 g/mol. The number of thiophene rings is 1. The molecule has 1 aliphatic heterocycles. The van der Waals surface area contributed by atoms with Gasteiger partial charge in [-0.15, -0.1) is 11.3 Å². The van der Waals surface area contributed by atoms with E-state index in [2.05, 4.69) is 5.32 Å². The van der Waals surface area contributed by atoms with Crippen molar-refractivity contribution < 1.29 is 23.5 Å². The molecule has 1 aromatic carbocycles. The Balaban J connectivity index is 1.46. The zero-order valence-electron chi connectivity index (χ0n) is 13.8. The van der Waals surface area contributed by atoms with E-state index in [0.717, 1.165) is 24.5 Å². The zero-order valence-corrected chi connectivity index (χ0v) is 14.7. The summed E-state index contributed by atoms with van der Waals surface area (Å²) in [6.45, 7) is -0.511. The summed E-state index contributed by atoms with van der Waals surface area (Å²) in [7, 11) is 0. The molecule has 2 aromatic rings. The number of aryl methyl sites for hydroxylation is 1. The maximum Gasteiger partial charge on any atom is 0.349 e. The van der Waals surface area contributed by atoms with Crippen molar-refractivity contribution in [2.75, 3.05) is 11.9 Å². The maximum atomic E-state index is 14.2. The topological polar surface area (TPSA) is 72.5 Å². The molecule has 0 spiro atoms. The van der Waals surface area contributed by atoms with E-state index in [9.17, 15) is 18.8 Å². The van der Waals surface area contributed by atoms with Crippen molar-refractivity contribution >= 4 is 34.7 Å². The lowest BCUT2D eigenvalue weighted by molar-refractivity contribution is -0.116. The molecule has 7 heteroatoms. The first-order chi connectivity index (χ1) is 12.5. The summed E-state index contributed by atoms with van der Waals surface area (Å²) < 4.78 is 19.3. The smallest absolute Gasteiger partial charge is 0.349 e. The largest absolute Gasteiger partial charge is 0.453 e. The molecule has 4 rings (SSSR count). The van der Waals surface area contributed by atoms with Crippen molar-refractivity contribution in [1.82, 2.24) is 0 Å². The van der Waals surface area contributed by atoms with Crippen LogP contribution in [0.3, 0.4) is 0 Å². The molecule has 1 N–H and O–H groups in total. The Hall–Kier alpha value is -2.54. The standard InChI is InChI=1S/C19H16FNO4S/c20-14-8-15-11(3-4-17(23)21-15)7-13(14)16(22)9-25-19(24)18-12(5-6-26-18)10-1-2-10/h5-8,10H,1-4,9H2,(H,21,23). The normalized spacial score (nSPS) is 16.0. The second kappa shape index (κ2) is 6.64. The Morgan fingerprint density at radius 2 is 2.08 bits per heavy atom. The zero-order chi connectivity index (χ0) is 18.3. The van der Waals surface area contributed by atoms with Gasteiger partial charge in [-0.25, -0.2) is 9.18 Å². The maximum absolute atomic E-state index is 14.2. The number of ether oxygens (including phenoxy) is 1. The van der Waals surface area contributed by atoms with Crippen LogP contribution in [0.15, 0.2) is 23.6 Å². The second-order valence-electron chi connectivity index (χ2n) is 6.52. The van der Waals surface area contributed by atoms with E-state index in [1.54, 1.807) is 0 Å². The van der Waals surface area contributed by atoms with Crippen LogP contribution in [0, 0.1) is 5.82 Å². The van der Waals surface area contributed by atoms with Crippen molar-refractivity contribution in [2.45, 2.75) is 31.6 Å². The fourth-order valence-corrected chi connectivity index (χ4v) is 3.97. The predicted molar refractivity (Wildman–Crippen MR) is 94.3 cm³/mol. The highest BCUT2D eigenvalue weighted by Crippen LogP contribution is 2.43. The first kappa shape index (κ1) is 16.9. The Morgan fingerprint density at radius 3 is 2.85 bits per heavy atom. The van der Waals surface area contributed by atoms with E-state index in [0.29, 0.717) is 34.9 Å². The van der Waals surface area contributed by atoms with Gasteiger partial charge in [-0.1, -0.05) is 0 Å². The fourth-order valence-electron chi connectivity index (χ4n) is 3.09. The van der Waals surface area contributed by atoms with Crippen molar-refractivity contribution in [3.8, 4) is 0 Å². The molecule has 1 aromatic heterocycles.